The van der Waals surface area contributed by atoms with Gasteiger partial charge >= 0.3 is 0 Å². The van der Waals surface area contributed by atoms with Crippen LogP contribution in [0.4, 0.5) is 0 Å². The topological polar surface area (TPSA) is 103 Å². The molecule has 4 N–H and O–H groups in total. The molecular weight excluding hydrogens is 228 g/mol. The zero-order chi connectivity index (χ0) is 12.3. The van der Waals surface area contributed by atoms with E-state index in [9.17, 15) is 13.2 Å². The van der Waals surface area contributed by atoms with Crippen LogP contribution in [0.5, 0.6) is 0 Å². The van der Waals surface area contributed by atoms with Crippen LogP contribution in [-0.4, -0.2) is 14.3 Å². The number of carbonyl (C=O) groups excluding carboxylic acids is 1. The van der Waals surface area contributed by atoms with Gasteiger partial charge in [-0.05, 0) is 24.1 Å². The minimum absolute atomic E-state index is 0.0583. The molecule has 5 nitrogen and oxygen atoms in total. The second kappa shape index (κ2) is 4.63. The molecule has 0 aliphatic heterocycles. The van der Waals surface area contributed by atoms with Crippen molar-refractivity contribution in [2.45, 2.75) is 18.2 Å². The summed E-state index contributed by atoms with van der Waals surface area (Å²) in [7, 11) is -3.66. The molecule has 0 aromatic heterocycles. The van der Waals surface area contributed by atoms with Gasteiger partial charge in [-0.3, -0.25) is 4.79 Å². The van der Waals surface area contributed by atoms with Crippen LogP contribution in [-0.2, 0) is 21.2 Å². The number of hydrogen-bond donors (Lipinski definition) is 2. The summed E-state index contributed by atoms with van der Waals surface area (Å²) in [4.78, 5) is 10.9. The minimum atomic E-state index is -3.66. The minimum Gasteiger partial charge on any atom is -0.369 e. The van der Waals surface area contributed by atoms with Gasteiger partial charge in [0.05, 0.1) is 4.90 Å². The van der Waals surface area contributed by atoms with E-state index < -0.39 is 10.0 Å². The normalized spacial score (nSPS) is 13.4. The molecular formula is C10H14N2O3S. The molecule has 0 fully saturated rings. The largest absolute Gasteiger partial charge is 0.369 e. The maximum Gasteiger partial charge on any atom is 0.238 e. The zero-order valence-corrected chi connectivity index (χ0v) is 9.70. The predicted molar refractivity (Wildman–Crippen MR) is 59.9 cm³/mol. The van der Waals surface area contributed by atoms with E-state index in [1.54, 1.807) is 19.1 Å². The van der Waals surface area contributed by atoms with Crippen molar-refractivity contribution in [1.29, 1.82) is 0 Å². The summed E-state index contributed by atoms with van der Waals surface area (Å²) in [5, 5.41) is 4.95. The summed E-state index contributed by atoms with van der Waals surface area (Å²) in [5.74, 6) is -0.657. The molecule has 6 heteroatoms. The smallest absolute Gasteiger partial charge is 0.238 e. The third-order valence-electron chi connectivity index (χ3n) is 2.28. The van der Waals surface area contributed by atoms with Gasteiger partial charge in [0.1, 0.15) is 0 Å². The SMILES string of the molecule is CC(Cc1ccc(S(N)(=O)=O)cc1)C(N)=O. The molecule has 0 saturated heterocycles. The molecule has 0 spiro atoms. The number of primary amides is 1. The van der Waals surface area contributed by atoms with Gasteiger partial charge in [-0.2, -0.15) is 0 Å². The second-order valence-electron chi connectivity index (χ2n) is 3.70. The summed E-state index contributed by atoms with van der Waals surface area (Å²) in [5.41, 5.74) is 5.97. The number of amides is 1. The van der Waals surface area contributed by atoms with Gasteiger partial charge in [-0.15, -0.1) is 0 Å². The summed E-state index contributed by atoms with van der Waals surface area (Å²) in [6.45, 7) is 1.72. The Kier molecular flexibility index (Phi) is 3.66. The van der Waals surface area contributed by atoms with E-state index >= 15 is 0 Å². The highest BCUT2D eigenvalue weighted by Crippen LogP contribution is 2.12. The second-order valence-corrected chi connectivity index (χ2v) is 5.26. The summed E-state index contributed by atoms with van der Waals surface area (Å²) in [6, 6.07) is 6.08. The van der Waals surface area contributed by atoms with Crippen molar-refractivity contribution in [3.63, 3.8) is 0 Å². The van der Waals surface area contributed by atoms with E-state index in [0.29, 0.717) is 6.42 Å². The average molecular weight is 242 g/mol. The summed E-state index contributed by atoms with van der Waals surface area (Å²) < 4.78 is 22.0. The quantitative estimate of drug-likeness (QED) is 0.776. The third-order valence-corrected chi connectivity index (χ3v) is 3.21. The molecule has 1 atom stereocenters. The summed E-state index contributed by atoms with van der Waals surface area (Å²) >= 11 is 0. The fourth-order valence-corrected chi connectivity index (χ4v) is 1.78. The number of nitrogens with two attached hydrogens (primary N) is 2. The van der Waals surface area contributed by atoms with Gasteiger partial charge in [-0.25, -0.2) is 13.6 Å². The van der Waals surface area contributed by atoms with Crippen LogP contribution < -0.4 is 10.9 Å². The highest BCUT2D eigenvalue weighted by atomic mass is 32.2. The lowest BCUT2D eigenvalue weighted by Crippen LogP contribution is -2.22. The van der Waals surface area contributed by atoms with Crippen LogP contribution in [0.2, 0.25) is 0 Å². The third kappa shape index (κ3) is 3.32. The van der Waals surface area contributed by atoms with E-state index in [4.69, 9.17) is 10.9 Å². The molecule has 0 radical (unpaired) electrons. The first-order valence-electron chi connectivity index (χ1n) is 4.72. The van der Waals surface area contributed by atoms with Gasteiger partial charge in [0.15, 0.2) is 0 Å². The van der Waals surface area contributed by atoms with Crippen LogP contribution in [0.15, 0.2) is 29.2 Å². The maximum atomic E-state index is 11.0. The molecule has 16 heavy (non-hydrogen) atoms. The van der Waals surface area contributed by atoms with E-state index in [1.807, 2.05) is 0 Å². The Balaban J connectivity index is 2.84. The molecule has 0 bridgehead atoms. The number of benzene rings is 1. The lowest BCUT2D eigenvalue weighted by molar-refractivity contribution is -0.121. The first-order chi connectivity index (χ1) is 7.30. The molecule has 88 valence electrons. The average Bonchev–Trinajstić information content (AvgIpc) is 2.17. The van der Waals surface area contributed by atoms with Crippen LogP contribution in [0.3, 0.4) is 0 Å². The first-order valence-corrected chi connectivity index (χ1v) is 6.26. The predicted octanol–water partition coefficient (Wildman–Crippen LogP) is -0.00210. The van der Waals surface area contributed by atoms with Crippen LogP contribution >= 0.6 is 0 Å². The molecule has 0 heterocycles. The number of carbonyl (C=O) groups is 1. The van der Waals surface area contributed by atoms with Crippen molar-refractivity contribution in [1.82, 2.24) is 0 Å². The van der Waals surface area contributed by atoms with Crippen molar-refractivity contribution in [2.75, 3.05) is 0 Å². The molecule has 0 aliphatic carbocycles. The standard InChI is InChI=1S/C10H14N2O3S/c1-7(10(11)13)6-8-2-4-9(5-3-8)16(12,14)15/h2-5,7H,6H2,1H3,(H2,11,13)(H2,12,14,15). The molecule has 1 aromatic rings. The molecule has 1 unspecified atom stereocenters. The molecule has 1 rings (SSSR count). The highest BCUT2D eigenvalue weighted by Gasteiger charge is 2.11. The summed E-state index contributed by atoms with van der Waals surface area (Å²) in [6.07, 6.45) is 0.486. The Hall–Kier alpha value is -1.40. The molecule has 1 amide bonds. The molecule has 0 saturated carbocycles. The number of rotatable bonds is 4. The van der Waals surface area contributed by atoms with E-state index in [1.165, 1.54) is 12.1 Å². The van der Waals surface area contributed by atoms with Crippen molar-refractivity contribution in [2.24, 2.45) is 16.8 Å². The Morgan fingerprint density at radius 2 is 1.81 bits per heavy atom. The van der Waals surface area contributed by atoms with Crippen molar-refractivity contribution in [3.8, 4) is 0 Å². The Morgan fingerprint density at radius 3 is 2.19 bits per heavy atom. The van der Waals surface area contributed by atoms with Crippen molar-refractivity contribution >= 4 is 15.9 Å². The fraction of sp³-hybridized carbons (Fsp3) is 0.300. The highest BCUT2D eigenvalue weighted by molar-refractivity contribution is 7.89. The van der Waals surface area contributed by atoms with E-state index in [0.717, 1.165) is 5.56 Å². The lowest BCUT2D eigenvalue weighted by Gasteiger charge is -2.07. The van der Waals surface area contributed by atoms with Crippen LogP contribution in [0.1, 0.15) is 12.5 Å². The van der Waals surface area contributed by atoms with E-state index in [2.05, 4.69) is 0 Å². The van der Waals surface area contributed by atoms with Crippen LogP contribution in [0, 0.1) is 5.92 Å². The maximum absolute atomic E-state index is 11.0. The first kappa shape index (κ1) is 12.7. The lowest BCUT2D eigenvalue weighted by atomic mass is 10.0. The van der Waals surface area contributed by atoms with E-state index in [-0.39, 0.29) is 16.7 Å². The van der Waals surface area contributed by atoms with Gasteiger partial charge in [-0.1, -0.05) is 19.1 Å². The van der Waals surface area contributed by atoms with Gasteiger partial charge in [0.2, 0.25) is 15.9 Å². The Bertz CT molecular complexity index is 479. The van der Waals surface area contributed by atoms with Crippen molar-refractivity contribution < 1.29 is 13.2 Å². The van der Waals surface area contributed by atoms with Crippen molar-refractivity contribution in [3.05, 3.63) is 29.8 Å². The zero-order valence-electron chi connectivity index (χ0n) is 8.88. The molecule has 1 aromatic carbocycles. The van der Waals surface area contributed by atoms with Gasteiger partial charge in [0.25, 0.3) is 0 Å². The fourth-order valence-electron chi connectivity index (χ4n) is 1.27. The number of hydrogen-bond acceptors (Lipinski definition) is 3. The number of primary sulfonamides is 1. The van der Waals surface area contributed by atoms with Gasteiger partial charge in [0, 0.05) is 5.92 Å². The van der Waals surface area contributed by atoms with Crippen LogP contribution in [0.25, 0.3) is 0 Å². The molecule has 0 aliphatic rings. The number of sulfonamides is 1. The Labute approximate surface area is 94.5 Å². The Morgan fingerprint density at radius 1 is 1.31 bits per heavy atom. The van der Waals surface area contributed by atoms with Gasteiger partial charge < -0.3 is 5.73 Å². The monoisotopic (exact) mass is 242 g/mol.